The molecule has 22 heavy (non-hydrogen) atoms. The number of ether oxygens (including phenoxy) is 3. The Balaban J connectivity index is 1.60. The Morgan fingerprint density at radius 2 is 1.73 bits per heavy atom. The van der Waals surface area contributed by atoms with Crippen LogP contribution in [0.25, 0.3) is 0 Å². The van der Waals surface area contributed by atoms with Crippen LogP contribution < -0.4 is 14.8 Å². The van der Waals surface area contributed by atoms with Crippen LogP contribution in [0.3, 0.4) is 0 Å². The van der Waals surface area contributed by atoms with E-state index < -0.39 is 0 Å². The third kappa shape index (κ3) is 3.78. The van der Waals surface area contributed by atoms with Gasteiger partial charge in [0.2, 0.25) is 0 Å². The zero-order valence-electron chi connectivity index (χ0n) is 12.7. The Hall–Kier alpha value is -2.04. The summed E-state index contributed by atoms with van der Waals surface area (Å²) in [5.41, 5.74) is 1.15. The standard InChI is InChI=1S/C18H21NO3/c1-20-17-11-19-12-18(17)22-16-9-5-8-15(10-16)21-13-14-6-3-2-4-7-14/h2-10,17-19H,11-13H2,1H3/t17-,18-/m0/s1. The van der Waals surface area contributed by atoms with Gasteiger partial charge in [0.1, 0.15) is 30.3 Å². The van der Waals surface area contributed by atoms with Gasteiger partial charge in [0.15, 0.2) is 0 Å². The number of hydrogen-bond donors (Lipinski definition) is 1. The summed E-state index contributed by atoms with van der Waals surface area (Å²) in [7, 11) is 1.72. The summed E-state index contributed by atoms with van der Waals surface area (Å²) in [5.74, 6) is 1.61. The molecule has 1 saturated heterocycles. The number of methoxy groups -OCH3 is 1. The molecule has 1 fully saturated rings. The molecule has 2 atom stereocenters. The molecule has 1 N–H and O–H groups in total. The lowest BCUT2D eigenvalue weighted by molar-refractivity contribution is 0.0345. The average molecular weight is 299 g/mol. The molecule has 0 unspecified atom stereocenters. The predicted octanol–water partition coefficient (Wildman–Crippen LogP) is 2.63. The van der Waals surface area contributed by atoms with E-state index in [-0.39, 0.29) is 12.2 Å². The summed E-state index contributed by atoms with van der Waals surface area (Å²) in [4.78, 5) is 0. The minimum atomic E-state index is 0.0365. The highest BCUT2D eigenvalue weighted by atomic mass is 16.5. The molecule has 0 saturated carbocycles. The topological polar surface area (TPSA) is 39.7 Å². The highest BCUT2D eigenvalue weighted by molar-refractivity contribution is 5.33. The number of hydrogen-bond acceptors (Lipinski definition) is 4. The Morgan fingerprint density at radius 3 is 2.55 bits per heavy atom. The van der Waals surface area contributed by atoms with E-state index in [2.05, 4.69) is 5.32 Å². The average Bonchev–Trinajstić information content (AvgIpc) is 3.01. The van der Waals surface area contributed by atoms with Crippen LogP contribution in [-0.4, -0.2) is 32.4 Å². The van der Waals surface area contributed by atoms with Gasteiger partial charge in [-0.3, -0.25) is 0 Å². The molecule has 4 nitrogen and oxygen atoms in total. The maximum Gasteiger partial charge on any atom is 0.138 e. The molecule has 4 heteroatoms. The third-order valence-electron chi connectivity index (χ3n) is 3.75. The van der Waals surface area contributed by atoms with E-state index in [9.17, 15) is 0 Å². The fourth-order valence-corrected chi connectivity index (χ4v) is 2.54. The Morgan fingerprint density at radius 1 is 0.955 bits per heavy atom. The van der Waals surface area contributed by atoms with E-state index in [1.165, 1.54) is 0 Å². The second kappa shape index (κ2) is 7.29. The maximum atomic E-state index is 6.00. The highest BCUT2D eigenvalue weighted by Crippen LogP contribution is 2.23. The van der Waals surface area contributed by atoms with E-state index in [0.29, 0.717) is 6.61 Å². The first-order valence-electron chi connectivity index (χ1n) is 7.52. The smallest absolute Gasteiger partial charge is 0.138 e. The Bertz CT molecular complexity index is 588. The van der Waals surface area contributed by atoms with Gasteiger partial charge >= 0.3 is 0 Å². The van der Waals surface area contributed by atoms with Crippen molar-refractivity contribution in [2.75, 3.05) is 20.2 Å². The van der Waals surface area contributed by atoms with Crippen LogP contribution >= 0.6 is 0 Å². The molecule has 0 bridgehead atoms. The summed E-state index contributed by atoms with van der Waals surface area (Å²) >= 11 is 0. The van der Waals surface area contributed by atoms with Gasteiger partial charge in [0.25, 0.3) is 0 Å². The second-order valence-electron chi connectivity index (χ2n) is 5.34. The number of nitrogens with one attached hydrogen (secondary N) is 1. The van der Waals surface area contributed by atoms with Crippen molar-refractivity contribution < 1.29 is 14.2 Å². The molecule has 0 aliphatic carbocycles. The molecule has 1 heterocycles. The van der Waals surface area contributed by atoms with Gasteiger partial charge in [-0.15, -0.1) is 0 Å². The second-order valence-corrected chi connectivity index (χ2v) is 5.34. The molecule has 1 aliphatic heterocycles. The molecule has 116 valence electrons. The van der Waals surface area contributed by atoms with Gasteiger partial charge in [-0.2, -0.15) is 0 Å². The fraction of sp³-hybridized carbons (Fsp3) is 0.333. The van der Waals surface area contributed by atoms with E-state index in [0.717, 1.165) is 30.2 Å². The summed E-state index contributed by atoms with van der Waals surface area (Å²) < 4.78 is 17.2. The predicted molar refractivity (Wildman–Crippen MR) is 85.3 cm³/mol. The molecule has 2 aromatic rings. The van der Waals surface area contributed by atoms with Crippen molar-refractivity contribution in [2.24, 2.45) is 0 Å². The van der Waals surface area contributed by atoms with Crippen molar-refractivity contribution in [3.05, 3.63) is 60.2 Å². The molecule has 0 spiro atoms. The van der Waals surface area contributed by atoms with E-state index >= 15 is 0 Å². The molecule has 1 aliphatic rings. The van der Waals surface area contributed by atoms with E-state index in [4.69, 9.17) is 14.2 Å². The van der Waals surface area contributed by atoms with Crippen LogP contribution in [0.1, 0.15) is 5.56 Å². The van der Waals surface area contributed by atoms with Crippen LogP contribution in [0, 0.1) is 0 Å². The Kier molecular flexibility index (Phi) is 4.93. The molecular formula is C18H21NO3. The molecule has 3 rings (SSSR count). The lowest BCUT2D eigenvalue weighted by Crippen LogP contribution is -2.31. The number of rotatable bonds is 6. The lowest BCUT2D eigenvalue weighted by atomic mass is 10.2. The van der Waals surface area contributed by atoms with Gasteiger partial charge in [-0.1, -0.05) is 36.4 Å². The van der Waals surface area contributed by atoms with Crippen LogP contribution in [0.5, 0.6) is 11.5 Å². The van der Waals surface area contributed by atoms with E-state index in [1.807, 2.05) is 54.6 Å². The lowest BCUT2D eigenvalue weighted by Gasteiger charge is -2.19. The van der Waals surface area contributed by atoms with Crippen molar-refractivity contribution in [1.29, 1.82) is 0 Å². The van der Waals surface area contributed by atoms with Crippen molar-refractivity contribution >= 4 is 0 Å². The van der Waals surface area contributed by atoms with Gasteiger partial charge in [-0.05, 0) is 17.7 Å². The monoisotopic (exact) mass is 299 g/mol. The summed E-state index contributed by atoms with van der Waals surface area (Å²) in [5, 5.41) is 3.27. The summed E-state index contributed by atoms with van der Waals surface area (Å²) in [6.45, 7) is 2.18. The minimum absolute atomic E-state index is 0.0365. The van der Waals surface area contributed by atoms with Crippen molar-refractivity contribution in [3.63, 3.8) is 0 Å². The first-order chi connectivity index (χ1) is 10.8. The molecule has 2 aromatic carbocycles. The van der Waals surface area contributed by atoms with E-state index in [1.54, 1.807) is 7.11 Å². The van der Waals surface area contributed by atoms with Crippen molar-refractivity contribution in [2.45, 2.75) is 18.8 Å². The zero-order chi connectivity index (χ0) is 15.2. The zero-order valence-corrected chi connectivity index (χ0v) is 12.7. The molecular weight excluding hydrogens is 278 g/mol. The first kappa shape index (κ1) is 14.9. The van der Waals surface area contributed by atoms with Gasteiger partial charge < -0.3 is 19.5 Å². The maximum absolute atomic E-state index is 6.00. The minimum Gasteiger partial charge on any atom is -0.489 e. The quantitative estimate of drug-likeness (QED) is 0.890. The number of benzene rings is 2. The third-order valence-corrected chi connectivity index (χ3v) is 3.75. The van der Waals surface area contributed by atoms with Gasteiger partial charge in [0.05, 0.1) is 0 Å². The highest BCUT2D eigenvalue weighted by Gasteiger charge is 2.28. The van der Waals surface area contributed by atoms with Crippen LogP contribution in [0.2, 0.25) is 0 Å². The van der Waals surface area contributed by atoms with Gasteiger partial charge in [0, 0.05) is 26.3 Å². The molecule has 0 aromatic heterocycles. The molecule has 0 radical (unpaired) electrons. The van der Waals surface area contributed by atoms with Gasteiger partial charge in [-0.25, -0.2) is 0 Å². The largest absolute Gasteiger partial charge is 0.489 e. The normalized spacial score (nSPS) is 20.8. The SMILES string of the molecule is CO[C@H]1CNC[C@@H]1Oc1cccc(OCc2ccccc2)c1. The van der Waals surface area contributed by atoms with Crippen LogP contribution in [0.15, 0.2) is 54.6 Å². The van der Waals surface area contributed by atoms with Crippen molar-refractivity contribution in [1.82, 2.24) is 5.32 Å². The van der Waals surface area contributed by atoms with Crippen LogP contribution in [-0.2, 0) is 11.3 Å². The Labute approximate surface area is 131 Å². The first-order valence-corrected chi connectivity index (χ1v) is 7.52. The molecule has 0 amide bonds. The summed E-state index contributed by atoms with van der Waals surface area (Å²) in [6.07, 6.45) is 0.128. The van der Waals surface area contributed by atoms with Crippen molar-refractivity contribution in [3.8, 4) is 11.5 Å². The fourth-order valence-electron chi connectivity index (χ4n) is 2.54. The summed E-state index contributed by atoms with van der Waals surface area (Å²) in [6, 6.07) is 17.9. The van der Waals surface area contributed by atoms with Crippen LogP contribution in [0.4, 0.5) is 0 Å².